The maximum Gasteiger partial charge on any atom is 0.178 e. The zero-order chi connectivity index (χ0) is 13.0. The Morgan fingerprint density at radius 3 is 2.39 bits per heavy atom. The molecule has 2 nitrogen and oxygen atoms in total. The molecule has 1 aromatic rings. The SMILES string of the molecule is CC(C(=O)c1ccccc1)S(=O)C1CCCCC1. The van der Waals surface area contributed by atoms with Gasteiger partial charge in [0.15, 0.2) is 5.78 Å². The van der Waals surface area contributed by atoms with E-state index in [0.29, 0.717) is 5.56 Å². The summed E-state index contributed by atoms with van der Waals surface area (Å²) in [6.45, 7) is 1.81. The number of carbonyl (C=O) groups is 1. The van der Waals surface area contributed by atoms with Crippen LogP contribution in [0.25, 0.3) is 0 Å². The second-order valence-electron chi connectivity index (χ2n) is 4.96. The number of carbonyl (C=O) groups excluding carboxylic acids is 1. The highest BCUT2D eigenvalue weighted by molar-refractivity contribution is 7.87. The standard InChI is InChI=1S/C15H20O2S/c1-12(15(16)13-8-4-2-5-9-13)18(17)14-10-6-3-7-11-14/h2,4-5,8-9,12,14H,3,6-7,10-11H2,1H3. The van der Waals surface area contributed by atoms with Crippen LogP contribution in [0.2, 0.25) is 0 Å². The van der Waals surface area contributed by atoms with Crippen molar-refractivity contribution < 1.29 is 9.00 Å². The smallest absolute Gasteiger partial charge is 0.178 e. The normalized spacial score (nSPS) is 20.3. The molecule has 0 aliphatic heterocycles. The fourth-order valence-electron chi connectivity index (χ4n) is 2.53. The van der Waals surface area contributed by atoms with Gasteiger partial charge in [0.1, 0.15) is 0 Å². The van der Waals surface area contributed by atoms with E-state index in [-0.39, 0.29) is 16.3 Å². The summed E-state index contributed by atoms with van der Waals surface area (Å²) in [5, 5.41) is -0.156. The van der Waals surface area contributed by atoms with E-state index >= 15 is 0 Å². The third-order valence-electron chi connectivity index (χ3n) is 3.66. The first kappa shape index (κ1) is 13.5. The van der Waals surface area contributed by atoms with Crippen molar-refractivity contribution in [1.82, 2.24) is 0 Å². The van der Waals surface area contributed by atoms with Crippen LogP contribution in [0.4, 0.5) is 0 Å². The second kappa shape index (κ2) is 6.28. The average Bonchev–Trinajstić information content (AvgIpc) is 2.47. The Labute approximate surface area is 111 Å². The van der Waals surface area contributed by atoms with Gasteiger partial charge in [-0.1, -0.05) is 49.6 Å². The highest BCUT2D eigenvalue weighted by Gasteiger charge is 2.28. The van der Waals surface area contributed by atoms with Crippen LogP contribution in [0.5, 0.6) is 0 Å². The van der Waals surface area contributed by atoms with Crippen LogP contribution in [-0.2, 0) is 10.8 Å². The van der Waals surface area contributed by atoms with E-state index in [4.69, 9.17) is 0 Å². The zero-order valence-corrected chi connectivity index (χ0v) is 11.6. The largest absolute Gasteiger partial charge is 0.293 e. The molecule has 1 fully saturated rings. The van der Waals surface area contributed by atoms with Crippen molar-refractivity contribution >= 4 is 16.6 Å². The molecule has 0 heterocycles. The van der Waals surface area contributed by atoms with Crippen LogP contribution in [-0.4, -0.2) is 20.5 Å². The number of Topliss-reactive ketones (excluding diaryl/α,β-unsaturated/α-hetero) is 1. The third-order valence-corrected chi connectivity index (χ3v) is 5.70. The summed E-state index contributed by atoms with van der Waals surface area (Å²) in [5.41, 5.74) is 0.675. The Balaban J connectivity index is 2.04. The van der Waals surface area contributed by atoms with Gasteiger partial charge in [0.05, 0.1) is 5.25 Å². The van der Waals surface area contributed by atoms with E-state index in [1.807, 2.05) is 18.2 Å². The second-order valence-corrected chi connectivity index (χ2v) is 6.99. The highest BCUT2D eigenvalue weighted by Crippen LogP contribution is 2.24. The number of rotatable bonds is 4. The lowest BCUT2D eigenvalue weighted by Crippen LogP contribution is -2.31. The van der Waals surface area contributed by atoms with Gasteiger partial charge in [0, 0.05) is 21.6 Å². The van der Waals surface area contributed by atoms with Crippen molar-refractivity contribution in [3.05, 3.63) is 35.9 Å². The van der Waals surface area contributed by atoms with Gasteiger partial charge in [0.2, 0.25) is 0 Å². The van der Waals surface area contributed by atoms with Crippen LogP contribution in [0.3, 0.4) is 0 Å². The molecule has 3 heteroatoms. The van der Waals surface area contributed by atoms with Crippen molar-refractivity contribution in [2.45, 2.75) is 49.5 Å². The van der Waals surface area contributed by atoms with Gasteiger partial charge in [-0.25, -0.2) is 0 Å². The van der Waals surface area contributed by atoms with Crippen LogP contribution < -0.4 is 0 Å². The van der Waals surface area contributed by atoms with Crippen molar-refractivity contribution in [1.29, 1.82) is 0 Å². The van der Waals surface area contributed by atoms with Gasteiger partial charge in [-0.2, -0.15) is 0 Å². The molecule has 2 unspecified atom stereocenters. The van der Waals surface area contributed by atoms with Crippen LogP contribution in [0, 0.1) is 0 Å². The van der Waals surface area contributed by atoms with Gasteiger partial charge in [-0.05, 0) is 19.8 Å². The molecule has 1 aromatic carbocycles. The number of ketones is 1. The summed E-state index contributed by atoms with van der Waals surface area (Å²) in [6.07, 6.45) is 5.58. The summed E-state index contributed by atoms with van der Waals surface area (Å²) >= 11 is 0. The van der Waals surface area contributed by atoms with Gasteiger partial charge in [-0.15, -0.1) is 0 Å². The topological polar surface area (TPSA) is 34.1 Å². The quantitative estimate of drug-likeness (QED) is 0.782. The van der Waals surface area contributed by atoms with Crippen LogP contribution >= 0.6 is 0 Å². The Morgan fingerprint density at radius 1 is 1.17 bits per heavy atom. The maximum absolute atomic E-state index is 12.4. The van der Waals surface area contributed by atoms with Gasteiger partial charge < -0.3 is 0 Å². The molecule has 1 aliphatic carbocycles. The molecule has 0 amide bonds. The summed E-state index contributed by atoms with van der Waals surface area (Å²) in [5.74, 6) is 0.0134. The van der Waals surface area contributed by atoms with Crippen LogP contribution in [0.1, 0.15) is 49.4 Å². The molecule has 0 spiro atoms. The van der Waals surface area contributed by atoms with E-state index in [9.17, 15) is 9.00 Å². The predicted molar refractivity (Wildman–Crippen MR) is 75.2 cm³/mol. The molecular formula is C15H20O2S. The van der Waals surface area contributed by atoms with Crippen molar-refractivity contribution in [2.75, 3.05) is 0 Å². The first-order valence-corrected chi connectivity index (χ1v) is 7.96. The van der Waals surface area contributed by atoms with Crippen molar-refractivity contribution in [3.8, 4) is 0 Å². The van der Waals surface area contributed by atoms with Gasteiger partial charge in [-0.3, -0.25) is 9.00 Å². The molecule has 1 saturated carbocycles. The fraction of sp³-hybridized carbons (Fsp3) is 0.533. The van der Waals surface area contributed by atoms with E-state index in [1.165, 1.54) is 6.42 Å². The lowest BCUT2D eigenvalue weighted by atomic mass is 10.0. The lowest BCUT2D eigenvalue weighted by molar-refractivity contribution is 0.0992. The predicted octanol–water partition coefficient (Wildman–Crippen LogP) is 3.34. The molecule has 1 aliphatic rings. The minimum atomic E-state index is -1.03. The summed E-state index contributed by atoms with van der Waals surface area (Å²) < 4.78 is 12.4. The zero-order valence-electron chi connectivity index (χ0n) is 10.8. The molecule has 0 radical (unpaired) electrons. The van der Waals surface area contributed by atoms with Crippen LogP contribution in [0.15, 0.2) is 30.3 Å². The first-order valence-electron chi connectivity index (χ1n) is 6.69. The molecule has 2 rings (SSSR count). The molecule has 0 N–H and O–H groups in total. The van der Waals surface area contributed by atoms with E-state index < -0.39 is 10.8 Å². The Morgan fingerprint density at radius 2 is 1.78 bits per heavy atom. The fourth-order valence-corrected chi connectivity index (χ4v) is 4.25. The third kappa shape index (κ3) is 3.08. The molecule has 0 bridgehead atoms. The van der Waals surface area contributed by atoms with Crippen molar-refractivity contribution in [2.24, 2.45) is 0 Å². The molecule has 0 saturated heterocycles. The molecular weight excluding hydrogens is 244 g/mol. The monoisotopic (exact) mass is 264 g/mol. The molecule has 18 heavy (non-hydrogen) atoms. The van der Waals surface area contributed by atoms with E-state index in [1.54, 1.807) is 19.1 Å². The number of hydrogen-bond acceptors (Lipinski definition) is 2. The van der Waals surface area contributed by atoms with Gasteiger partial charge in [0.25, 0.3) is 0 Å². The highest BCUT2D eigenvalue weighted by atomic mass is 32.2. The summed E-state index contributed by atoms with van der Waals surface area (Å²) in [7, 11) is -1.03. The Hall–Kier alpha value is -0.960. The molecule has 2 atom stereocenters. The minimum absolute atomic E-state index is 0.0134. The summed E-state index contributed by atoms with van der Waals surface area (Å²) in [4.78, 5) is 12.2. The lowest BCUT2D eigenvalue weighted by Gasteiger charge is -2.23. The van der Waals surface area contributed by atoms with E-state index in [2.05, 4.69) is 0 Å². The Kier molecular flexibility index (Phi) is 4.70. The first-order chi connectivity index (χ1) is 8.70. The van der Waals surface area contributed by atoms with Gasteiger partial charge >= 0.3 is 0 Å². The minimum Gasteiger partial charge on any atom is -0.293 e. The molecule has 0 aromatic heterocycles. The molecule has 98 valence electrons. The van der Waals surface area contributed by atoms with Crippen molar-refractivity contribution in [3.63, 3.8) is 0 Å². The summed E-state index contributed by atoms with van der Waals surface area (Å²) in [6, 6.07) is 9.19. The van der Waals surface area contributed by atoms with E-state index in [0.717, 1.165) is 25.7 Å². The number of hydrogen-bond donors (Lipinski definition) is 0. The Bertz CT molecular complexity index is 421. The number of benzene rings is 1. The maximum atomic E-state index is 12.4. The average molecular weight is 264 g/mol.